The first-order chi connectivity index (χ1) is 15.8. The van der Waals surface area contributed by atoms with Crippen LogP contribution in [0.1, 0.15) is 11.1 Å². The van der Waals surface area contributed by atoms with E-state index in [-0.39, 0.29) is 6.61 Å². The number of aryl methyl sites for hydroxylation is 2. The van der Waals surface area contributed by atoms with Crippen molar-refractivity contribution in [2.75, 3.05) is 0 Å². The van der Waals surface area contributed by atoms with Crippen LogP contribution in [0.5, 0.6) is 0 Å². The van der Waals surface area contributed by atoms with Crippen LogP contribution >= 0.6 is 0 Å². The van der Waals surface area contributed by atoms with E-state index in [1.807, 2.05) is 59.3 Å². The number of aromatic nitrogens is 5. The van der Waals surface area contributed by atoms with E-state index < -0.39 is 0 Å². The number of rotatable bonds is 7. The summed E-state index contributed by atoms with van der Waals surface area (Å²) in [5.41, 5.74) is 5.56. The average Bonchev–Trinajstić information content (AvgIpc) is 3.51. The molecule has 0 spiro atoms. The molecule has 1 N–H and O–H groups in total. The molecule has 0 aliphatic heterocycles. The molecule has 0 fully saturated rings. The minimum Gasteiger partial charge on any atom is -0.392 e. The van der Waals surface area contributed by atoms with Gasteiger partial charge in [-0.15, -0.1) is 0 Å². The van der Waals surface area contributed by atoms with E-state index in [4.69, 9.17) is 4.52 Å². The van der Waals surface area contributed by atoms with Crippen molar-refractivity contribution in [1.29, 1.82) is 0 Å². The van der Waals surface area contributed by atoms with Gasteiger partial charge in [0.05, 0.1) is 24.1 Å². The van der Waals surface area contributed by atoms with Crippen LogP contribution in [0.2, 0.25) is 0 Å². The van der Waals surface area contributed by atoms with Crippen LogP contribution in [-0.4, -0.2) is 30.0 Å². The highest BCUT2D eigenvalue weighted by Gasteiger charge is 2.20. The van der Waals surface area contributed by atoms with Gasteiger partial charge in [0.1, 0.15) is 0 Å². The third kappa shape index (κ3) is 4.06. The van der Waals surface area contributed by atoms with Gasteiger partial charge < -0.3 is 9.63 Å². The summed E-state index contributed by atoms with van der Waals surface area (Å²) in [6.45, 7) is 0.709. The summed E-state index contributed by atoms with van der Waals surface area (Å²) >= 11 is 0. The smallest absolute Gasteiger partial charge is 0.262 e. The van der Waals surface area contributed by atoms with Gasteiger partial charge in [0.15, 0.2) is 0 Å². The zero-order chi connectivity index (χ0) is 21.8. The lowest BCUT2D eigenvalue weighted by Crippen LogP contribution is -2.05. The fraction of sp³-hybridized carbons (Fsp3) is 0.120. The average molecular weight is 423 g/mol. The number of hydrogen-bond donors (Lipinski definition) is 1. The van der Waals surface area contributed by atoms with Gasteiger partial charge in [-0.1, -0.05) is 59.8 Å². The predicted molar refractivity (Wildman–Crippen MR) is 120 cm³/mol. The van der Waals surface area contributed by atoms with Crippen molar-refractivity contribution < 1.29 is 9.63 Å². The molecule has 0 saturated heterocycles. The van der Waals surface area contributed by atoms with Crippen LogP contribution in [0, 0.1) is 0 Å². The van der Waals surface area contributed by atoms with Crippen molar-refractivity contribution in [2.45, 2.75) is 19.6 Å². The zero-order valence-corrected chi connectivity index (χ0v) is 17.3. The molecule has 0 radical (unpaired) electrons. The number of benzene rings is 2. The monoisotopic (exact) mass is 423 g/mol. The SMILES string of the molecule is OCc1ccc(-c2noc(-c3cnn(CCc4ccccc4)c3-c3ccncc3)n2)cc1. The highest BCUT2D eigenvalue weighted by Crippen LogP contribution is 2.32. The summed E-state index contributed by atoms with van der Waals surface area (Å²) in [5, 5.41) is 18.0. The molecule has 5 aromatic rings. The Morgan fingerprint density at radius 2 is 1.62 bits per heavy atom. The van der Waals surface area contributed by atoms with Crippen molar-refractivity contribution in [2.24, 2.45) is 0 Å². The van der Waals surface area contributed by atoms with E-state index in [1.54, 1.807) is 18.6 Å². The van der Waals surface area contributed by atoms with Gasteiger partial charge in [-0.05, 0) is 29.7 Å². The Morgan fingerprint density at radius 3 is 2.38 bits per heavy atom. The normalized spacial score (nSPS) is 11.0. The molecule has 0 atom stereocenters. The number of aliphatic hydroxyl groups is 1. The van der Waals surface area contributed by atoms with Crippen LogP contribution < -0.4 is 0 Å². The summed E-state index contributed by atoms with van der Waals surface area (Å²) in [4.78, 5) is 8.75. The van der Waals surface area contributed by atoms with Gasteiger partial charge in [-0.3, -0.25) is 9.67 Å². The maximum atomic E-state index is 9.25. The molecular formula is C25H21N5O2. The summed E-state index contributed by atoms with van der Waals surface area (Å²) in [7, 11) is 0. The van der Waals surface area contributed by atoms with Crippen LogP contribution in [-0.2, 0) is 19.6 Å². The second-order valence-corrected chi connectivity index (χ2v) is 7.38. The Kier molecular flexibility index (Phi) is 5.55. The van der Waals surface area contributed by atoms with Crippen molar-refractivity contribution in [3.05, 3.63) is 96.4 Å². The molecule has 3 heterocycles. The quantitative estimate of drug-likeness (QED) is 0.417. The first kappa shape index (κ1) is 19.8. The van der Waals surface area contributed by atoms with Crippen molar-refractivity contribution in [1.82, 2.24) is 24.9 Å². The fourth-order valence-electron chi connectivity index (χ4n) is 3.61. The highest BCUT2D eigenvalue weighted by molar-refractivity contribution is 5.77. The minimum absolute atomic E-state index is 0.00473. The maximum Gasteiger partial charge on any atom is 0.262 e. The summed E-state index contributed by atoms with van der Waals surface area (Å²) in [6, 6.07) is 21.6. The van der Waals surface area contributed by atoms with Gasteiger partial charge in [0.25, 0.3) is 5.89 Å². The van der Waals surface area contributed by atoms with Crippen LogP contribution in [0.4, 0.5) is 0 Å². The summed E-state index contributed by atoms with van der Waals surface area (Å²) in [5.74, 6) is 0.895. The molecule has 0 aliphatic carbocycles. The molecule has 0 bridgehead atoms. The van der Waals surface area contributed by atoms with Crippen molar-refractivity contribution in [3.63, 3.8) is 0 Å². The minimum atomic E-state index is -0.00473. The predicted octanol–water partition coefficient (Wildman–Crippen LogP) is 4.40. The Bertz CT molecular complexity index is 1300. The standard InChI is InChI=1S/C25H21N5O2/c31-17-19-6-8-21(9-7-19)24-28-25(32-29-24)22-16-27-30(15-12-18-4-2-1-3-5-18)23(22)20-10-13-26-14-11-20/h1-11,13-14,16,31H,12,15,17H2. The van der Waals surface area contributed by atoms with Crippen molar-refractivity contribution in [3.8, 4) is 34.1 Å². The number of aliphatic hydroxyl groups excluding tert-OH is 1. The first-order valence-corrected chi connectivity index (χ1v) is 10.4. The molecular weight excluding hydrogens is 402 g/mol. The molecule has 5 rings (SSSR count). The molecule has 158 valence electrons. The molecule has 3 aromatic heterocycles. The third-order valence-electron chi connectivity index (χ3n) is 5.30. The van der Waals surface area contributed by atoms with Crippen LogP contribution in [0.3, 0.4) is 0 Å². The molecule has 7 nitrogen and oxygen atoms in total. The second-order valence-electron chi connectivity index (χ2n) is 7.38. The maximum absolute atomic E-state index is 9.25. The van der Waals surface area contributed by atoms with E-state index in [2.05, 4.69) is 32.4 Å². The Morgan fingerprint density at radius 1 is 0.844 bits per heavy atom. The molecule has 32 heavy (non-hydrogen) atoms. The number of pyridine rings is 1. The molecule has 2 aromatic carbocycles. The van der Waals surface area contributed by atoms with Gasteiger partial charge in [-0.25, -0.2) is 0 Å². The Labute approximate surface area is 185 Å². The van der Waals surface area contributed by atoms with Crippen molar-refractivity contribution >= 4 is 0 Å². The molecule has 0 aliphatic rings. The molecule has 0 saturated carbocycles. The Balaban J connectivity index is 1.50. The Hall–Kier alpha value is -4.10. The van der Waals surface area contributed by atoms with E-state index in [0.717, 1.165) is 34.4 Å². The van der Waals surface area contributed by atoms with E-state index in [1.165, 1.54) is 5.56 Å². The van der Waals surface area contributed by atoms with Gasteiger partial charge in [-0.2, -0.15) is 10.1 Å². The molecule has 0 unspecified atom stereocenters. The number of nitrogens with zero attached hydrogens (tertiary/aromatic N) is 5. The lowest BCUT2D eigenvalue weighted by molar-refractivity contribution is 0.282. The third-order valence-corrected chi connectivity index (χ3v) is 5.30. The second kappa shape index (κ2) is 8.95. The van der Waals surface area contributed by atoms with E-state index in [9.17, 15) is 5.11 Å². The topological polar surface area (TPSA) is 89.9 Å². The van der Waals surface area contributed by atoms with E-state index >= 15 is 0 Å². The van der Waals surface area contributed by atoms with Crippen LogP contribution in [0.25, 0.3) is 34.1 Å². The van der Waals surface area contributed by atoms with Gasteiger partial charge in [0.2, 0.25) is 5.82 Å². The summed E-state index contributed by atoms with van der Waals surface area (Å²) in [6.07, 6.45) is 6.14. The molecule has 0 amide bonds. The molecule has 7 heteroatoms. The lowest BCUT2D eigenvalue weighted by Gasteiger charge is -2.09. The first-order valence-electron chi connectivity index (χ1n) is 10.4. The van der Waals surface area contributed by atoms with Gasteiger partial charge in [0, 0.05) is 30.1 Å². The van der Waals surface area contributed by atoms with Crippen LogP contribution in [0.15, 0.2) is 89.8 Å². The highest BCUT2D eigenvalue weighted by atomic mass is 16.5. The fourth-order valence-corrected chi connectivity index (χ4v) is 3.61. The number of hydrogen-bond acceptors (Lipinski definition) is 6. The lowest BCUT2D eigenvalue weighted by atomic mass is 10.1. The zero-order valence-electron chi connectivity index (χ0n) is 17.3. The summed E-state index contributed by atoms with van der Waals surface area (Å²) < 4.78 is 7.59. The van der Waals surface area contributed by atoms with Gasteiger partial charge >= 0.3 is 0 Å². The van der Waals surface area contributed by atoms with E-state index in [0.29, 0.717) is 18.3 Å². The largest absolute Gasteiger partial charge is 0.392 e.